The van der Waals surface area contributed by atoms with Gasteiger partial charge in [-0.1, -0.05) is 11.3 Å². The molecule has 0 saturated carbocycles. The molecule has 4 nitrogen and oxygen atoms in total. The SMILES string of the molecule is CC(=O)Cc1cn(-c2cccc(C(F)(F)F)c2)nn1. The number of hydrogen-bond donors (Lipinski definition) is 0. The third-order valence-electron chi connectivity index (χ3n) is 2.41. The molecule has 1 aromatic carbocycles. The van der Waals surface area contributed by atoms with Crippen molar-refractivity contribution in [3.05, 3.63) is 41.7 Å². The normalized spacial score (nSPS) is 11.6. The summed E-state index contributed by atoms with van der Waals surface area (Å²) in [4.78, 5) is 10.9. The maximum absolute atomic E-state index is 12.6. The average Bonchev–Trinajstić information content (AvgIpc) is 2.76. The zero-order valence-corrected chi connectivity index (χ0v) is 9.98. The third-order valence-corrected chi connectivity index (χ3v) is 2.41. The molecule has 1 aromatic heterocycles. The fourth-order valence-corrected chi connectivity index (χ4v) is 1.59. The lowest BCUT2D eigenvalue weighted by Crippen LogP contribution is -2.06. The summed E-state index contributed by atoms with van der Waals surface area (Å²) in [6.07, 6.45) is -2.85. The maximum atomic E-state index is 12.6. The van der Waals surface area contributed by atoms with Gasteiger partial charge in [0.15, 0.2) is 0 Å². The topological polar surface area (TPSA) is 47.8 Å². The van der Waals surface area contributed by atoms with Gasteiger partial charge in [0.25, 0.3) is 0 Å². The van der Waals surface area contributed by atoms with E-state index in [1.54, 1.807) is 0 Å². The first-order valence-electron chi connectivity index (χ1n) is 5.44. The van der Waals surface area contributed by atoms with E-state index >= 15 is 0 Å². The van der Waals surface area contributed by atoms with E-state index in [-0.39, 0.29) is 17.9 Å². The van der Waals surface area contributed by atoms with E-state index in [2.05, 4.69) is 10.3 Å². The van der Waals surface area contributed by atoms with Gasteiger partial charge >= 0.3 is 6.18 Å². The highest BCUT2D eigenvalue weighted by atomic mass is 19.4. The Morgan fingerprint density at radius 1 is 1.37 bits per heavy atom. The number of aromatic nitrogens is 3. The number of carbonyl (C=O) groups is 1. The summed E-state index contributed by atoms with van der Waals surface area (Å²) in [5, 5.41) is 7.45. The van der Waals surface area contributed by atoms with Crippen LogP contribution in [0.4, 0.5) is 13.2 Å². The van der Waals surface area contributed by atoms with Crippen LogP contribution in [0.3, 0.4) is 0 Å². The van der Waals surface area contributed by atoms with Crippen LogP contribution in [0.1, 0.15) is 18.2 Å². The second-order valence-electron chi connectivity index (χ2n) is 4.08. The molecule has 0 aliphatic rings. The third kappa shape index (κ3) is 3.18. The predicted octanol–water partition coefficient (Wildman–Crippen LogP) is 2.42. The van der Waals surface area contributed by atoms with Gasteiger partial charge in [-0.25, -0.2) is 4.68 Å². The van der Waals surface area contributed by atoms with Crippen molar-refractivity contribution in [3.63, 3.8) is 0 Å². The van der Waals surface area contributed by atoms with Crippen molar-refractivity contribution in [2.24, 2.45) is 0 Å². The molecule has 2 rings (SSSR count). The summed E-state index contributed by atoms with van der Waals surface area (Å²) < 4.78 is 38.9. The lowest BCUT2D eigenvalue weighted by atomic mass is 10.2. The molecule has 1 heterocycles. The van der Waals surface area contributed by atoms with Crippen LogP contribution in [0.15, 0.2) is 30.5 Å². The number of halogens is 3. The molecule has 0 radical (unpaired) electrons. The minimum absolute atomic E-state index is 0.0870. The highest BCUT2D eigenvalue weighted by Gasteiger charge is 2.30. The quantitative estimate of drug-likeness (QED) is 0.859. The Labute approximate surface area is 106 Å². The summed E-state index contributed by atoms with van der Waals surface area (Å²) in [6.45, 7) is 1.41. The van der Waals surface area contributed by atoms with Crippen LogP contribution < -0.4 is 0 Å². The molecule has 0 N–H and O–H groups in total. The first-order valence-corrected chi connectivity index (χ1v) is 5.44. The van der Waals surface area contributed by atoms with Crippen LogP contribution in [-0.2, 0) is 17.4 Å². The summed E-state index contributed by atoms with van der Waals surface area (Å²) in [5.74, 6) is -0.0870. The van der Waals surface area contributed by atoms with Gasteiger partial charge in [-0.3, -0.25) is 4.79 Å². The Morgan fingerprint density at radius 2 is 2.11 bits per heavy atom. The number of hydrogen-bond acceptors (Lipinski definition) is 3. The van der Waals surface area contributed by atoms with Gasteiger partial charge in [-0.2, -0.15) is 13.2 Å². The smallest absolute Gasteiger partial charge is 0.300 e. The predicted molar refractivity (Wildman–Crippen MR) is 60.7 cm³/mol. The molecule has 0 spiro atoms. The van der Waals surface area contributed by atoms with Gasteiger partial charge in [0, 0.05) is 0 Å². The van der Waals surface area contributed by atoms with E-state index < -0.39 is 11.7 Å². The van der Waals surface area contributed by atoms with Crippen molar-refractivity contribution in [3.8, 4) is 5.69 Å². The number of ketones is 1. The second-order valence-corrected chi connectivity index (χ2v) is 4.08. The van der Waals surface area contributed by atoms with E-state index in [1.165, 1.54) is 29.9 Å². The number of Topliss-reactive ketones (excluding diaryl/α,β-unsaturated/α-hetero) is 1. The van der Waals surface area contributed by atoms with Gasteiger partial charge in [-0.05, 0) is 25.1 Å². The van der Waals surface area contributed by atoms with E-state index in [0.29, 0.717) is 5.69 Å². The summed E-state index contributed by atoms with van der Waals surface area (Å²) >= 11 is 0. The van der Waals surface area contributed by atoms with Crippen molar-refractivity contribution in [2.45, 2.75) is 19.5 Å². The van der Waals surface area contributed by atoms with Gasteiger partial charge in [0.05, 0.1) is 29.6 Å². The van der Waals surface area contributed by atoms with E-state index in [4.69, 9.17) is 0 Å². The molecule has 0 fully saturated rings. The molecule has 0 aliphatic heterocycles. The van der Waals surface area contributed by atoms with Crippen LogP contribution in [-0.4, -0.2) is 20.8 Å². The summed E-state index contributed by atoms with van der Waals surface area (Å²) in [5.41, 5.74) is -0.0874. The highest BCUT2D eigenvalue weighted by Crippen LogP contribution is 2.30. The lowest BCUT2D eigenvalue weighted by Gasteiger charge is -2.07. The molecule has 0 atom stereocenters. The van der Waals surface area contributed by atoms with E-state index in [1.807, 2.05) is 0 Å². The number of alkyl halides is 3. The van der Waals surface area contributed by atoms with E-state index in [9.17, 15) is 18.0 Å². The number of nitrogens with zero attached hydrogens (tertiary/aromatic N) is 3. The minimum atomic E-state index is -4.40. The molecule has 0 unspecified atom stereocenters. The van der Waals surface area contributed by atoms with Crippen LogP contribution in [0.2, 0.25) is 0 Å². The molecule has 0 aliphatic carbocycles. The first-order chi connectivity index (χ1) is 8.86. The van der Waals surface area contributed by atoms with Crippen molar-refractivity contribution >= 4 is 5.78 Å². The molecule has 7 heteroatoms. The number of carbonyl (C=O) groups excluding carboxylic acids is 1. The Kier molecular flexibility index (Phi) is 3.37. The largest absolute Gasteiger partial charge is 0.416 e. The lowest BCUT2D eigenvalue weighted by molar-refractivity contribution is -0.137. The standard InChI is InChI=1S/C12H10F3N3O/c1-8(19)5-10-7-18(17-16-10)11-4-2-3-9(6-11)12(13,14)15/h2-4,6-7H,5H2,1H3. The number of benzene rings is 1. The van der Waals surface area contributed by atoms with Crippen LogP contribution >= 0.6 is 0 Å². The molecular formula is C12H10F3N3O. The summed E-state index contributed by atoms with van der Waals surface area (Å²) in [7, 11) is 0. The zero-order valence-electron chi connectivity index (χ0n) is 9.98. The molecule has 0 amide bonds. The Balaban J connectivity index is 2.32. The maximum Gasteiger partial charge on any atom is 0.416 e. The molecule has 2 aromatic rings. The van der Waals surface area contributed by atoms with Gasteiger partial charge < -0.3 is 0 Å². The molecule has 19 heavy (non-hydrogen) atoms. The van der Waals surface area contributed by atoms with Gasteiger partial charge in [0.1, 0.15) is 5.78 Å². The molecular weight excluding hydrogens is 259 g/mol. The van der Waals surface area contributed by atoms with Crippen LogP contribution in [0.5, 0.6) is 0 Å². The highest BCUT2D eigenvalue weighted by molar-refractivity contribution is 5.77. The number of rotatable bonds is 3. The average molecular weight is 269 g/mol. The van der Waals surface area contributed by atoms with Crippen molar-refractivity contribution < 1.29 is 18.0 Å². The first kappa shape index (κ1) is 13.3. The fourth-order valence-electron chi connectivity index (χ4n) is 1.59. The van der Waals surface area contributed by atoms with Crippen molar-refractivity contribution in [2.75, 3.05) is 0 Å². The molecule has 0 saturated heterocycles. The Bertz CT molecular complexity index is 604. The second kappa shape index (κ2) is 4.83. The van der Waals surface area contributed by atoms with Crippen LogP contribution in [0.25, 0.3) is 5.69 Å². The summed E-state index contributed by atoms with van der Waals surface area (Å²) in [6, 6.07) is 4.75. The monoisotopic (exact) mass is 269 g/mol. The Hall–Kier alpha value is -2.18. The molecule has 0 bridgehead atoms. The van der Waals surface area contributed by atoms with Gasteiger partial charge in [-0.15, -0.1) is 5.10 Å². The van der Waals surface area contributed by atoms with Gasteiger partial charge in [0.2, 0.25) is 0 Å². The van der Waals surface area contributed by atoms with Crippen LogP contribution in [0, 0.1) is 0 Å². The van der Waals surface area contributed by atoms with Crippen molar-refractivity contribution in [1.29, 1.82) is 0 Å². The van der Waals surface area contributed by atoms with Crippen molar-refractivity contribution in [1.82, 2.24) is 15.0 Å². The minimum Gasteiger partial charge on any atom is -0.300 e. The zero-order chi connectivity index (χ0) is 14.0. The Morgan fingerprint density at radius 3 is 2.74 bits per heavy atom. The fraction of sp³-hybridized carbons (Fsp3) is 0.250. The molecule has 100 valence electrons. The van der Waals surface area contributed by atoms with E-state index in [0.717, 1.165) is 12.1 Å².